The Labute approximate surface area is 122 Å². The van der Waals surface area contributed by atoms with Crippen molar-refractivity contribution in [3.8, 4) is 0 Å². The van der Waals surface area contributed by atoms with E-state index in [-0.39, 0.29) is 11.5 Å². The largest absolute Gasteiger partial charge is 0.338 e. The minimum atomic E-state index is 0.221. The summed E-state index contributed by atoms with van der Waals surface area (Å²) in [5.74, 6) is 2.94. The molecule has 1 fully saturated rings. The summed E-state index contributed by atoms with van der Waals surface area (Å²) in [6, 6.07) is 0.221. The first-order valence-corrected chi connectivity index (χ1v) is 7.69. The molecule has 0 radical (unpaired) electrons. The number of H-pyrrole nitrogens is 1. The number of anilines is 1. The molecule has 0 amide bonds. The quantitative estimate of drug-likeness (QED) is 0.890. The van der Waals surface area contributed by atoms with E-state index >= 15 is 0 Å². The van der Waals surface area contributed by atoms with Gasteiger partial charge in [0, 0.05) is 25.6 Å². The van der Waals surface area contributed by atoms with E-state index in [1.165, 1.54) is 0 Å². The van der Waals surface area contributed by atoms with Crippen molar-refractivity contribution in [3.05, 3.63) is 5.82 Å². The third kappa shape index (κ3) is 3.51. The average Bonchev–Trinajstić information content (AvgIpc) is 2.80. The molecule has 1 saturated heterocycles. The predicted molar refractivity (Wildman–Crippen MR) is 82.7 cm³/mol. The highest BCUT2D eigenvalue weighted by Gasteiger charge is 2.26. The van der Waals surface area contributed by atoms with Gasteiger partial charge in [-0.3, -0.25) is 5.10 Å². The Bertz CT molecular complexity index is 434. The number of aromatic amines is 1. The summed E-state index contributed by atoms with van der Waals surface area (Å²) < 4.78 is 0. The fraction of sp³-hybridized carbons (Fsp3) is 0.867. The van der Waals surface area contributed by atoms with Gasteiger partial charge in [-0.25, -0.2) is 0 Å². The van der Waals surface area contributed by atoms with Crippen LogP contribution in [0.1, 0.15) is 46.9 Å². The van der Waals surface area contributed by atoms with Gasteiger partial charge in [0.15, 0.2) is 0 Å². The summed E-state index contributed by atoms with van der Waals surface area (Å²) in [6.07, 6.45) is 2.05. The fourth-order valence-corrected chi connectivity index (χ4v) is 2.40. The molecule has 114 valence electrons. The van der Waals surface area contributed by atoms with Crippen LogP contribution in [0, 0.1) is 17.3 Å². The van der Waals surface area contributed by atoms with Gasteiger partial charge in [0.05, 0.1) is 0 Å². The van der Waals surface area contributed by atoms with E-state index in [1.54, 1.807) is 0 Å². The smallest absolute Gasteiger partial charge is 0.244 e. The lowest BCUT2D eigenvalue weighted by Gasteiger charge is -2.34. The van der Waals surface area contributed by atoms with Crippen molar-refractivity contribution < 1.29 is 0 Å². The van der Waals surface area contributed by atoms with Crippen LogP contribution in [0.2, 0.25) is 0 Å². The van der Waals surface area contributed by atoms with Crippen LogP contribution in [0.5, 0.6) is 0 Å². The molecule has 1 aliphatic rings. The number of nitrogens with two attached hydrogens (primary N) is 1. The highest BCUT2D eigenvalue weighted by Crippen LogP contribution is 2.28. The molecule has 0 aliphatic carbocycles. The first-order valence-electron chi connectivity index (χ1n) is 7.69. The van der Waals surface area contributed by atoms with E-state index in [0.717, 1.165) is 37.7 Å². The van der Waals surface area contributed by atoms with E-state index in [1.807, 2.05) is 0 Å². The van der Waals surface area contributed by atoms with E-state index in [4.69, 9.17) is 5.73 Å². The maximum Gasteiger partial charge on any atom is 0.244 e. The fourth-order valence-electron chi connectivity index (χ4n) is 2.40. The summed E-state index contributed by atoms with van der Waals surface area (Å²) in [6.45, 7) is 13.1. The van der Waals surface area contributed by atoms with Crippen LogP contribution in [0.15, 0.2) is 0 Å². The summed E-state index contributed by atoms with van der Waals surface area (Å²) >= 11 is 0. The number of nitrogens with zero attached hydrogens (tertiary/aromatic N) is 3. The lowest BCUT2D eigenvalue weighted by Crippen LogP contribution is -2.48. The first-order chi connectivity index (χ1) is 9.27. The standard InChI is InChI=1S/C15H29N5/c1-10-6-7-20(9-12(10)16)14-17-13(18-19-14)8-11(2)15(3,4)5/h10-12H,6-9,16H2,1-5H3,(H,17,18,19). The Morgan fingerprint density at radius 2 is 2.15 bits per heavy atom. The van der Waals surface area contributed by atoms with Crippen molar-refractivity contribution in [1.82, 2.24) is 15.2 Å². The van der Waals surface area contributed by atoms with Crippen molar-refractivity contribution in [3.63, 3.8) is 0 Å². The van der Waals surface area contributed by atoms with Crippen molar-refractivity contribution >= 4 is 5.95 Å². The minimum Gasteiger partial charge on any atom is -0.338 e. The number of piperidine rings is 1. The summed E-state index contributed by atoms with van der Waals surface area (Å²) in [7, 11) is 0. The van der Waals surface area contributed by atoms with Gasteiger partial charge >= 0.3 is 0 Å². The zero-order chi connectivity index (χ0) is 14.9. The Morgan fingerprint density at radius 3 is 2.75 bits per heavy atom. The SMILES string of the molecule is CC1CCN(c2n[nH]c(CC(C)C(C)(C)C)n2)CC1N. The molecule has 1 aromatic heterocycles. The molecule has 20 heavy (non-hydrogen) atoms. The van der Waals surface area contributed by atoms with Crippen molar-refractivity contribution in [2.75, 3.05) is 18.0 Å². The second kappa shape index (κ2) is 5.72. The van der Waals surface area contributed by atoms with Gasteiger partial charge < -0.3 is 10.6 Å². The van der Waals surface area contributed by atoms with Gasteiger partial charge in [-0.15, -0.1) is 5.10 Å². The maximum atomic E-state index is 6.14. The summed E-state index contributed by atoms with van der Waals surface area (Å²) in [5, 5.41) is 7.46. The zero-order valence-corrected chi connectivity index (χ0v) is 13.5. The normalized spacial score (nSPS) is 25.8. The van der Waals surface area contributed by atoms with Crippen LogP contribution in [0.3, 0.4) is 0 Å². The van der Waals surface area contributed by atoms with Gasteiger partial charge in [-0.2, -0.15) is 4.98 Å². The topological polar surface area (TPSA) is 70.8 Å². The summed E-state index contributed by atoms with van der Waals surface area (Å²) in [4.78, 5) is 6.85. The highest BCUT2D eigenvalue weighted by atomic mass is 15.4. The lowest BCUT2D eigenvalue weighted by atomic mass is 9.80. The van der Waals surface area contributed by atoms with E-state index in [2.05, 4.69) is 54.7 Å². The molecule has 2 rings (SSSR count). The van der Waals surface area contributed by atoms with Gasteiger partial charge in [0.1, 0.15) is 5.82 Å². The number of hydrogen-bond acceptors (Lipinski definition) is 4. The van der Waals surface area contributed by atoms with Crippen molar-refractivity contribution in [2.24, 2.45) is 23.0 Å². The molecule has 5 heteroatoms. The molecular formula is C15H29N5. The van der Waals surface area contributed by atoms with Crippen LogP contribution in [-0.4, -0.2) is 34.3 Å². The first kappa shape index (κ1) is 15.3. The molecule has 2 heterocycles. The van der Waals surface area contributed by atoms with E-state index in [0.29, 0.717) is 11.8 Å². The van der Waals surface area contributed by atoms with Crippen LogP contribution in [-0.2, 0) is 6.42 Å². The predicted octanol–water partition coefficient (Wildman–Crippen LogP) is 2.20. The number of hydrogen-bond donors (Lipinski definition) is 2. The third-order valence-corrected chi connectivity index (χ3v) is 4.80. The average molecular weight is 279 g/mol. The zero-order valence-electron chi connectivity index (χ0n) is 13.5. The number of aromatic nitrogens is 3. The van der Waals surface area contributed by atoms with E-state index in [9.17, 15) is 0 Å². The number of nitrogens with one attached hydrogen (secondary N) is 1. The van der Waals surface area contributed by atoms with Crippen LogP contribution >= 0.6 is 0 Å². The Kier molecular flexibility index (Phi) is 4.37. The van der Waals surface area contributed by atoms with Gasteiger partial charge in [0.25, 0.3) is 0 Å². The number of rotatable bonds is 3. The van der Waals surface area contributed by atoms with Crippen molar-refractivity contribution in [1.29, 1.82) is 0 Å². The van der Waals surface area contributed by atoms with E-state index < -0.39 is 0 Å². The molecule has 0 spiro atoms. The van der Waals surface area contributed by atoms with Crippen LogP contribution < -0.4 is 10.6 Å². The monoisotopic (exact) mass is 279 g/mol. The molecule has 1 aromatic rings. The molecule has 0 bridgehead atoms. The molecular weight excluding hydrogens is 250 g/mol. The molecule has 3 atom stereocenters. The molecule has 1 aliphatic heterocycles. The van der Waals surface area contributed by atoms with Gasteiger partial charge in [0.2, 0.25) is 5.95 Å². The highest BCUT2D eigenvalue weighted by molar-refractivity contribution is 5.30. The second-order valence-electron chi connectivity index (χ2n) is 7.43. The minimum absolute atomic E-state index is 0.221. The van der Waals surface area contributed by atoms with Crippen molar-refractivity contribution in [2.45, 2.75) is 53.5 Å². The molecule has 0 saturated carbocycles. The van der Waals surface area contributed by atoms with Crippen LogP contribution in [0.25, 0.3) is 0 Å². The third-order valence-electron chi connectivity index (χ3n) is 4.80. The Balaban J connectivity index is 1.99. The molecule has 3 N–H and O–H groups in total. The Morgan fingerprint density at radius 1 is 1.45 bits per heavy atom. The van der Waals surface area contributed by atoms with Gasteiger partial charge in [-0.05, 0) is 23.7 Å². The molecule has 3 unspecified atom stereocenters. The second-order valence-corrected chi connectivity index (χ2v) is 7.43. The Hall–Kier alpha value is -1.10. The van der Waals surface area contributed by atoms with Crippen LogP contribution in [0.4, 0.5) is 5.95 Å². The molecule has 5 nitrogen and oxygen atoms in total. The molecule has 0 aromatic carbocycles. The van der Waals surface area contributed by atoms with Gasteiger partial charge in [-0.1, -0.05) is 34.6 Å². The maximum absolute atomic E-state index is 6.14. The summed E-state index contributed by atoms with van der Waals surface area (Å²) in [5.41, 5.74) is 6.43. The lowest BCUT2D eigenvalue weighted by molar-refractivity contribution is 0.257.